The van der Waals surface area contributed by atoms with Crippen molar-refractivity contribution in [3.8, 4) is 5.75 Å². The molecular weight excluding hydrogens is 249 g/mol. The van der Waals surface area contributed by atoms with Gasteiger partial charge in [0.1, 0.15) is 11.6 Å². The third-order valence-electron chi connectivity index (χ3n) is 1.92. The van der Waals surface area contributed by atoms with Gasteiger partial charge in [-0.3, -0.25) is 0 Å². The lowest BCUT2D eigenvalue weighted by molar-refractivity contribution is 0.405. The summed E-state index contributed by atoms with van der Waals surface area (Å²) >= 11 is 3.28. The first-order valence-corrected chi connectivity index (χ1v) is 4.98. The summed E-state index contributed by atoms with van der Waals surface area (Å²) in [7, 11) is 1.53. The van der Waals surface area contributed by atoms with Crippen LogP contribution >= 0.6 is 15.9 Å². The maximum Gasteiger partial charge on any atom is 0.133 e. The van der Waals surface area contributed by atoms with Crippen molar-refractivity contribution in [2.75, 3.05) is 7.11 Å². The Morgan fingerprint density at radius 3 is 2.43 bits per heavy atom. The number of hydrogen-bond donors (Lipinski definition) is 1. The van der Waals surface area contributed by atoms with Crippen LogP contribution in [0.1, 0.15) is 19.4 Å². The van der Waals surface area contributed by atoms with E-state index >= 15 is 0 Å². The number of benzene rings is 1. The van der Waals surface area contributed by atoms with E-state index < -0.39 is 5.54 Å². The van der Waals surface area contributed by atoms with Gasteiger partial charge < -0.3 is 10.5 Å². The molecule has 14 heavy (non-hydrogen) atoms. The van der Waals surface area contributed by atoms with Crippen molar-refractivity contribution in [2.45, 2.75) is 19.4 Å². The molecule has 1 aromatic rings. The average molecular weight is 262 g/mol. The Morgan fingerprint density at radius 1 is 1.43 bits per heavy atom. The fourth-order valence-corrected chi connectivity index (χ4v) is 2.28. The van der Waals surface area contributed by atoms with E-state index in [1.54, 1.807) is 19.9 Å². The minimum Gasteiger partial charge on any atom is -0.496 e. The van der Waals surface area contributed by atoms with Crippen LogP contribution in [0.4, 0.5) is 4.39 Å². The lowest BCUT2D eigenvalue weighted by atomic mass is 9.95. The second-order valence-corrected chi connectivity index (χ2v) is 4.45. The molecule has 0 aromatic heterocycles. The number of rotatable bonds is 2. The van der Waals surface area contributed by atoms with E-state index in [-0.39, 0.29) is 5.82 Å². The molecule has 2 N–H and O–H groups in total. The van der Waals surface area contributed by atoms with Gasteiger partial charge >= 0.3 is 0 Å². The van der Waals surface area contributed by atoms with Crippen LogP contribution in [-0.4, -0.2) is 7.11 Å². The van der Waals surface area contributed by atoms with Crippen molar-refractivity contribution >= 4 is 15.9 Å². The van der Waals surface area contributed by atoms with Crippen molar-refractivity contribution in [1.29, 1.82) is 0 Å². The molecule has 0 heterocycles. The Bertz CT molecular complexity index is 347. The zero-order chi connectivity index (χ0) is 10.9. The molecule has 0 saturated carbocycles. The van der Waals surface area contributed by atoms with Crippen LogP contribution in [0.3, 0.4) is 0 Å². The van der Waals surface area contributed by atoms with Gasteiger partial charge in [0.2, 0.25) is 0 Å². The van der Waals surface area contributed by atoms with Crippen molar-refractivity contribution in [3.05, 3.63) is 28.0 Å². The van der Waals surface area contributed by atoms with E-state index in [2.05, 4.69) is 15.9 Å². The van der Waals surface area contributed by atoms with Gasteiger partial charge in [0, 0.05) is 11.1 Å². The minimum atomic E-state index is -0.739. The van der Waals surface area contributed by atoms with E-state index in [1.165, 1.54) is 13.2 Å². The largest absolute Gasteiger partial charge is 0.496 e. The number of methoxy groups -OCH3 is 1. The first kappa shape index (κ1) is 11.5. The summed E-state index contributed by atoms with van der Waals surface area (Å²) in [6.45, 7) is 3.49. The van der Waals surface area contributed by atoms with Gasteiger partial charge in [-0.1, -0.05) is 0 Å². The Morgan fingerprint density at radius 2 is 2.00 bits per heavy atom. The molecule has 4 heteroatoms. The van der Waals surface area contributed by atoms with Crippen LogP contribution in [0.25, 0.3) is 0 Å². The SMILES string of the molecule is COc1ccc(F)c(C(C)(C)N)c1Br. The van der Waals surface area contributed by atoms with Crippen LogP contribution in [0.15, 0.2) is 16.6 Å². The van der Waals surface area contributed by atoms with E-state index in [4.69, 9.17) is 10.5 Å². The Balaban J connectivity index is 3.40. The maximum absolute atomic E-state index is 13.5. The molecule has 0 atom stereocenters. The highest BCUT2D eigenvalue weighted by Crippen LogP contribution is 2.35. The summed E-state index contributed by atoms with van der Waals surface area (Å²) in [5.41, 5.74) is 5.55. The lowest BCUT2D eigenvalue weighted by Gasteiger charge is -2.22. The van der Waals surface area contributed by atoms with Crippen LogP contribution in [-0.2, 0) is 5.54 Å². The van der Waals surface area contributed by atoms with Gasteiger partial charge in [0.25, 0.3) is 0 Å². The van der Waals surface area contributed by atoms with E-state index in [0.717, 1.165) is 0 Å². The van der Waals surface area contributed by atoms with E-state index in [9.17, 15) is 4.39 Å². The number of halogens is 2. The quantitative estimate of drug-likeness (QED) is 0.889. The third kappa shape index (κ3) is 2.07. The Kier molecular flexibility index (Phi) is 3.17. The Labute approximate surface area is 91.4 Å². The Hall–Kier alpha value is -0.610. The summed E-state index contributed by atoms with van der Waals surface area (Å²) in [6.07, 6.45) is 0. The summed E-state index contributed by atoms with van der Waals surface area (Å²) < 4.78 is 19.1. The summed E-state index contributed by atoms with van der Waals surface area (Å²) in [4.78, 5) is 0. The molecule has 2 nitrogen and oxygen atoms in total. The van der Waals surface area contributed by atoms with E-state index in [1.807, 2.05) is 0 Å². The van der Waals surface area contributed by atoms with E-state index in [0.29, 0.717) is 15.8 Å². The van der Waals surface area contributed by atoms with Crippen LogP contribution < -0.4 is 10.5 Å². The predicted molar refractivity (Wildman–Crippen MR) is 57.9 cm³/mol. The van der Waals surface area contributed by atoms with Gasteiger partial charge in [-0.15, -0.1) is 0 Å². The third-order valence-corrected chi connectivity index (χ3v) is 2.71. The topological polar surface area (TPSA) is 35.2 Å². The minimum absolute atomic E-state index is 0.329. The molecule has 0 saturated heterocycles. The van der Waals surface area contributed by atoms with Crippen LogP contribution in [0.2, 0.25) is 0 Å². The smallest absolute Gasteiger partial charge is 0.133 e. The molecule has 78 valence electrons. The van der Waals surface area contributed by atoms with Gasteiger partial charge in [0.15, 0.2) is 0 Å². The fraction of sp³-hybridized carbons (Fsp3) is 0.400. The van der Waals surface area contributed by atoms with Crippen molar-refractivity contribution in [1.82, 2.24) is 0 Å². The van der Waals surface area contributed by atoms with Gasteiger partial charge in [-0.25, -0.2) is 4.39 Å². The normalized spacial score (nSPS) is 11.6. The van der Waals surface area contributed by atoms with Gasteiger partial charge in [-0.05, 0) is 41.9 Å². The molecular formula is C10H13BrFNO. The molecule has 0 aliphatic heterocycles. The molecule has 0 aliphatic carbocycles. The molecule has 0 fully saturated rings. The van der Waals surface area contributed by atoms with Crippen LogP contribution in [0.5, 0.6) is 5.75 Å². The zero-order valence-electron chi connectivity index (χ0n) is 8.40. The first-order chi connectivity index (χ1) is 6.38. The second-order valence-electron chi connectivity index (χ2n) is 3.66. The molecule has 0 spiro atoms. The highest BCUT2D eigenvalue weighted by molar-refractivity contribution is 9.10. The highest BCUT2D eigenvalue weighted by Gasteiger charge is 2.24. The van der Waals surface area contributed by atoms with Crippen molar-refractivity contribution in [2.24, 2.45) is 5.73 Å². The molecule has 1 aromatic carbocycles. The average Bonchev–Trinajstić information content (AvgIpc) is 2.02. The maximum atomic E-state index is 13.5. The summed E-state index contributed by atoms with van der Waals surface area (Å²) in [5, 5.41) is 0. The lowest BCUT2D eigenvalue weighted by Crippen LogP contribution is -2.30. The monoisotopic (exact) mass is 261 g/mol. The second kappa shape index (κ2) is 3.87. The predicted octanol–water partition coefficient (Wildman–Crippen LogP) is 2.79. The molecule has 0 radical (unpaired) electrons. The van der Waals surface area contributed by atoms with Crippen molar-refractivity contribution < 1.29 is 9.13 Å². The molecule has 0 unspecified atom stereocenters. The highest BCUT2D eigenvalue weighted by atomic mass is 79.9. The summed E-state index contributed by atoms with van der Waals surface area (Å²) in [5.74, 6) is 0.255. The fourth-order valence-electron chi connectivity index (χ4n) is 1.28. The molecule has 0 bridgehead atoms. The number of nitrogens with two attached hydrogens (primary N) is 1. The number of hydrogen-bond acceptors (Lipinski definition) is 2. The molecule has 1 rings (SSSR count). The molecule has 0 aliphatic rings. The van der Waals surface area contributed by atoms with Gasteiger partial charge in [-0.2, -0.15) is 0 Å². The number of ether oxygens (including phenoxy) is 1. The first-order valence-electron chi connectivity index (χ1n) is 4.19. The van der Waals surface area contributed by atoms with Gasteiger partial charge in [0.05, 0.1) is 11.6 Å². The molecule has 0 amide bonds. The standard InChI is InChI=1S/C10H13BrFNO/c1-10(2,13)8-6(12)4-5-7(14-3)9(8)11/h4-5H,13H2,1-3H3. The summed E-state index contributed by atoms with van der Waals surface area (Å²) in [6, 6.07) is 2.92. The van der Waals surface area contributed by atoms with Crippen LogP contribution in [0, 0.1) is 5.82 Å². The zero-order valence-corrected chi connectivity index (χ0v) is 9.98. The van der Waals surface area contributed by atoms with Crippen molar-refractivity contribution in [3.63, 3.8) is 0 Å².